The molecule has 4 rings (SSSR count). The van der Waals surface area contributed by atoms with Crippen molar-refractivity contribution < 1.29 is 0 Å². The predicted molar refractivity (Wildman–Crippen MR) is 105 cm³/mol. The largest absolute Gasteiger partial charge is 0.367 e. The Hall–Kier alpha value is -1.93. The SMILES string of the molecule is CCSc1nnc(Nc2nc(NC3CCCC3)c3ccccc3n2)s1. The van der Waals surface area contributed by atoms with Gasteiger partial charge >= 0.3 is 0 Å². The Morgan fingerprint density at radius 3 is 2.84 bits per heavy atom. The first-order valence-corrected chi connectivity index (χ1v) is 10.4. The Labute approximate surface area is 154 Å². The third kappa shape index (κ3) is 3.85. The number of rotatable bonds is 6. The zero-order chi connectivity index (χ0) is 17.1. The Morgan fingerprint density at radius 1 is 1.16 bits per heavy atom. The number of hydrogen-bond acceptors (Lipinski definition) is 8. The van der Waals surface area contributed by atoms with Gasteiger partial charge in [0.1, 0.15) is 5.82 Å². The maximum absolute atomic E-state index is 4.71. The molecule has 3 aromatic rings. The number of hydrogen-bond donors (Lipinski definition) is 2. The van der Waals surface area contributed by atoms with Crippen LogP contribution in [0, 0.1) is 0 Å². The van der Waals surface area contributed by atoms with E-state index in [0.717, 1.165) is 31.9 Å². The van der Waals surface area contributed by atoms with Crippen LogP contribution in [-0.2, 0) is 0 Å². The third-order valence-corrected chi connectivity index (χ3v) is 6.05. The van der Waals surface area contributed by atoms with Crippen molar-refractivity contribution in [1.29, 1.82) is 0 Å². The van der Waals surface area contributed by atoms with Crippen molar-refractivity contribution in [2.24, 2.45) is 0 Å². The van der Waals surface area contributed by atoms with Crippen molar-refractivity contribution in [3.05, 3.63) is 24.3 Å². The van der Waals surface area contributed by atoms with Crippen LogP contribution in [0.5, 0.6) is 0 Å². The van der Waals surface area contributed by atoms with Crippen LogP contribution in [-0.4, -0.2) is 32.0 Å². The first-order valence-electron chi connectivity index (χ1n) is 8.58. The number of thioether (sulfide) groups is 1. The van der Waals surface area contributed by atoms with Crippen molar-refractivity contribution in [2.75, 3.05) is 16.4 Å². The van der Waals surface area contributed by atoms with Gasteiger partial charge in [-0.15, -0.1) is 10.2 Å². The van der Waals surface area contributed by atoms with E-state index >= 15 is 0 Å². The molecule has 1 fully saturated rings. The van der Waals surface area contributed by atoms with Crippen molar-refractivity contribution in [3.63, 3.8) is 0 Å². The molecule has 2 N–H and O–H groups in total. The maximum Gasteiger partial charge on any atom is 0.231 e. The first-order chi connectivity index (χ1) is 12.3. The molecule has 0 bridgehead atoms. The highest BCUT2D eigenvalue weighted by atomic mass is 32.2. The molecular weight excluding hydrogens is 352 g/mol. The lowest BCUT2D eigenvalue weighted by Gasteiger charge is -2.15. The van der Waals surface area contributed by atoms with Crippen molar-refractivity contribution in [1.82, 2.24) is 20.2 Å². The molecule has 2 aromatic heterocycles. The number of para-hydroxylation sites is 1. The van der Waals surface area contributed by atoms with E-state index in [1.807, 2.05) is 18.2 Å². The average molecular weight is 373 g/mol. The van der Waals surface area contributed by atoms with Gasteiger partial charge in [-0.05, 0) is 30.7 Å². The molecule has 0 atom stereocenters. The van der Waals surface area contributed by atoms with Crippen LogP contribution in [0.4, 0.5) is 16.9 Å². The lowest BCUT2D eigenvalue weighted by atomic mass is 10.2. The Morgan fingerprint density at radius 2 is 2.00 bits per heavy atom. The minimum Gasteiger partial charge on any atom is -0.367 e. The van der Waals surface area contributed by atoms with Crippen molar-refractivity contribution in [3.8, 4) is 0 Å². The maximum atomic E-state index is 4.71. The fourth-order valence-electron chi connectivity index (χ4n) is 3.04. The molecule has 0 unspecified atom stereocenters. The minimum absolute atomic E-state index is 0.500. The molecule has 0 aliphatic heterocycles. The number of anilines is 3. The monoisotopic (exact) mass is 372 g/mol. The van der Waals surface area contributed by atoms with Crippen LogP contribution in [0.25, 0.3) is 10.9 Å². The van der Waals surface area contributed by atoms with Gasteiger partial charge in [-0.25, -0.2) is 4.98 Å². The molecule has 0 amide bonds. The van der Waals surface area contributed by atoms with Gasteiger partial charge < -0.3 is 5.32 Å². The fourth-order valence-corrected chi connectivity index (χ4v) is 4.69. The molecule has 2 heterocycles. The van der Waals surface area contributed by atoms with E-state index in [1.165, 1.54) is 37.0 Å². The summed E-state index contributed by atoms with van der Waals surface area (Å²) in [5.74, 6) is 2.44. The molecule has 1 aliphatic rings. The number of nitrogens with one attached hydrogen (secondary N) is 2. The summed E-state index contributed by atoms with van der Waals surface area (Å²) in [4.78, 5) is 9.34. The lowest BCUT2D eigenvalue weighted by molar-refractivity contribution is 0.752. The summed E-state index contributed by atoms with van der Waals surface area (Å²) >= 11 is 3.21. The Bertz CT molecular complexity index is 859. The van der Waals surface area contributed by atoms with Gasteiger partial charge in [0, 0.05) is 11.4 Å². The highest BCUT2D eigenvalue weighted by molar-refractivity contribution is 8.01. The van der Waals surface area contributed by atoms with Crippen LogP contribution in [0.3, 0.4) is 0 Å². The van der Waals surface area contributed by atoms with Crippen LogP contribution in [0.1, 0.15) is 32.6 Å². The second-order valence-electron chi connectivity index (χ2n) is 5.97. The molecule has 1 aliphatic carbocycles. The van der Waals surface area contributed by atoms with E-state index in [2.05, 4.69) is 38.8 Å². The van der Waals surface area contributed by atoms with Gasteiger partial charge in [-0.1, -0.05) is 55.0 Å². The van der Waals surface area contributed by atoms with Gasteiger partial charge in [0.25, 0.3) is 0 Å². The van der Waals surface area contributed by atoms with E-state index in [0.29, 0.717) is 12.0 Å². The highest BCUT2D eigenvalue weighted by Gasteiger charge is 2.17. The molecule has 25 heavy (non-hydrogen) atoms. The van der Waals surface area contributed by atoms with Crippen LogP contribution in [0.15, 0.2) is 28.6 Å². The second-order valence-corrected chi connectivity index (χ2v) is 8.46. The Kier molecular flexibility index (Phi) is 4.98. The van der Waals surface area contributed by atoms with Gasteiger partial charge in [-0.2, -0.15) is 4.98 Å². The highest BCUT2D eigenvalue weighted by Crippen LogP contribution is 2.30. The molecule has 6 nitrogen and oxygen atoms in total. The first kappa shape index (κ1) is 16.5. The van der Waals surface area contributed by atoms with E-state index in [-0.39, 0.29) is 0 Å². The van der Waals surface area contributed by atoms with Crippen LogP contribution < -0.4 is 10.6 Å². The summed E-state index contributed by atoms with van der Waals surface area (Å²) in [6.45, 7) is 2.10. The standard InChI is InChI=1S/C17H20N6S2/c1-2-24-17-23-22-16(25-17)21-15-19-13-10-6-5-9-12(13)14(20-15)18-11-7-3-4-8-11/h5-6,9-11H,2-4,7-8H2,1H3,(H2,18,19,20,21,22). The molecule has 0 spiro atoms. The molecule has 8 heteroatoms. The molecular formula is C17H20N6S2. The number of benzene rings is 1. The normalized spacial score (nSPS) is 14.9. The van der Waals surface area contributed by atoms with Crippen molar-refractivity contribution in [2.45, 2.75) is 43.0 Å². The zero-order valence-electron chi connectivity index (χ0n) is 14.0. The summed E-state index contributed by atoms with van der Waals surface area (Å²) in [6.07, 6.45) is 4.98. The summed E-state index contributed by atoms with van der Waals surface area (Å²) in [5, 5.41) is 16.9. The Balaban J connectivity index is 1.63. The predicted octanol–water partition coefficient (Wildman–Crippen LogP) is 4.69. The number of nitrogens with zero attached hydrogens (tertiary/aromatic N) is 4. The number of fused-ring (bicyclic) bond motifs is 1. The van der Waals surface area contributed by atoms with E-state index in [9.17, 15) is 0 Å². The summed E-state index contributed by atoms with van der Waals surface area (Å²) < 4.78 is 0.954. The molecule has 0 radical (unpaired) electrons. The molecule has 130 valence electrons. The van der Waals surface area contributed by atoms with Gasteiger partial charge in [0.05, 0.1) is 5.52 Å². The van der Waals surface area contributed by atoms with Crippen LogP contribution >= 0.6 is 23.1 Å². The second kappa shape index (κ2) is 7.53. The van der Waals surface area contributed by atoms with E-state index < -0.39 is 0 Å². The smallest absolute Gasteiger partial charge is 0.231 e. The van der Waals surface area contributed by atoms with Crippen LogP contribution in [0.2, 0.25) is 0 Å². The van der Waals surface area contributed by atoms with Gasteiger partial charge in [0.2, 0.25) is 11.1 Å². The average Bonchev–Trinajstić information content (AvgIpc) is 3.28. The lowest BCUT2D eigenvalue weighted by Crippen LogP contribution is -2.16. The summed E-state index contributed by atoms with van der Waals surface area (Å²) in [5.41, 5.74) is 0.924. The summed E-state index contributed by atoms with van der Waals surface area (Å²) in [6, 6.07) is 8.61. The molecule has 1 saturated carbocycles. The zero-order valence-corrected chi connectivity index (χ0v) is 15.7. The molecule has 1 aromatic carbocycles. The van der Waals surface area contributed by atoms with Gasteiger partial charge in [0.15, 0.2) is 4.34 Å². The topological polar surface area (TPSA) is 75.6 Å². The van der Waals surface area contributed by atoms with Crippen molar-refractivity contribution >= 4 is 50.9 Å². The third-order valence-electron chi connectivity index (χ3n) is 4.19. The van der Waals surface area contributed by atoms with Gasteiger partial charge in [-0.3, -0.25) is 5.32 Å². The minimum atomic E-state index is 0.500. The van der Waals surface area contributed by atoms with E-state index in [4.69, 9.17) is 4.98 Å². The molecule has 0 saturated heterocycles. The fraction of sp³-hybridized carbons (Fsp3) is 0.412. The summed E-state index contributed by atoms with van der Waals surface area (Å²) in [7, 11) is 0. The quantitative estimate of drug-likeness (QED) is 0.608. The van der Waals surface area contributed by atoms with E-state index in [1.54, 1.807) is 11.8 Å². The number of aromatic nitrogens is 4.